The van der Waals surface area contributed by atoms with Gasteiger partial charge < -0.3 is 15.4 Å². The maximum Gasteiger partial charge on any atom is 0.407 e. The number of carbonyl (C=O) groups excluding carboxylic acids is 1. The summed E-state index contributed by atoms with van der Waals surface area (Å²) in [6.07, 6.45) is 3.13. The van der Waals surface area contributed by atoms with E-state index >= 15 is 0 Å². The van der Waals surface area contributed by atoms with Crippen LogP contribution in [0.4, 0.5) is 4.79 Å². The molecule has 4 nitrogen and oxygen atoms in total. The van der Waals surface area contributed by atoms with Crippen molar-refractivity contribution in [3.63, 3.8) is 0 Å². The van der Waals surface area contributed by atoms with Crippen LogP contribution in [0.2, 0.25) is 0 Å². The second-order valence-corrected chi connectivity index (χ2v) is 5.55. The molecule has 1 atom stereocenters. The molecule has 4 heteroatoms. The zero-order valence-corrected chi connectivity index (χ0v) is 11.0. The normalized spacial score (nSPS) is 23.9. The third kappa shape index (κ3) is 2.89. The number of alkyl carbamates (subject to hydrolysis) is 1. The van der Waals surface area contributed by atoms with Crippen LogP contribution in [0, 0.1) is 5.41 Å². The second-order valence-electron chi connectivity index (χ2n) is 5.55. The number of hydrogen-bond acceptors (Lipinski definition) is 3. The molecule has 2 aliphatic rings. The molecule has 19 heavy (non-hydrogen) atoms. The zero-order valence-electron chi connectivity index (χ0n) is 11.0. The highest BCUT2D eigenvalue weighted by atomic mass is 16.6. The van der Waals surface area contributed by atoms with Crippen molar-refractivity contribution in [3.8, 4) is 0 Å². The lowest BCUT2D eigenvalue weighted by Gasteiger charge is -2.22. The SMILES string of the molecule is O=C(NCc1ccccc1)OC1CC12CCNCC2. The van der Waals surface area contributed by atoms with Gasteiger partial charge in [0.05, 0.1) is 0 Å². The summed E-state index contributed by atoms with van der Waals surface area (Å²) in [7, 11) is 0. The van der Waals surface area contributed by atoms with Crippen LogP contribution in [-0.2, 0) is 11.3 Å². The Morgan fingerprint density at radius 2 is 2.05 bits per heavy atom. The number of nitrogens with one attached hydrogen (secondary N) is 2. The molecule has 1 amide bonds. The monoisotopic (exact) mass is 260 g/mol. The highest BCUT2D eigenvalue weighted by molar-refractivity contribution is 5.67. The van der Waals surface area contributed by atoms with Crippen molar-refractivity contribution in [2.75, 3.05) is 13.1 Å². The predicted octanol–water partition coefficient (Wildman–Crippen LogP) is 2.05. The Morgan fingerprint density at radius 1 is 1.32 bits per heavy atom. The smallest absolute Gasteiger partial charge is 0.407 e. The van der Waals surface area contributed by atoms with Gasteiger partial charge in [-0.25, -0.2) is 4.79 Å². The summed E-state index contributed by atoms with van der Waals surface area (Å²) in [5, 5.41) is 6.16. The minimum absolute atomic E-state index is 0.130. The van der Waals surface area contributed by atoms with E-state index in [1.807, 2.05) is 30.3 Å². The van der Waals surface area contributed by atoms with Crippen molar-refractivity contribution >= 4 is 6.09 Å². The fourth-order valence-electron chi connectivity index (χ4n) is 2.87. The Bertz CT molecular complexity index is 441. The van der Waals surface area contributed by atoms with Gasteiger partial charge in [0.2, 0.25) is 0 Å². The van der Waals surface area contributed by atoms with Gasteiger partial charge in [0, 0.05) is 12.0 Å². The van der Waals surface area contributed by atoms with E-state index in [4.69, 9.17) is 4.74 Å². The molecule has 1 aromatic carbocycles. The number of rotatable bonds is 3. The molecule has 1 unspecified atom stereocenters. The van der Waals surface area contributed by atoms with E-state index in [0.29, 0.717) is 6.54 Å². The van der Waals surface area contributed by atoms with Gasteiger partial charge in [-0.05, 0) is 37.9 Å². The molecule has 1 aliphatic carbocycles. The van der Waals surface area contributed by atoms with Crippen LogP contribution in [0.1, 0.15) is 24.8 Å². The van der Waals surface area contributed by atoms with Crippen molar-refractivity contribution < 1.29 is 9.53 Å². The third-order valence-electron chi connectivity index (χ3n) is 4.24. The Hall–Kier alpha value is -1.55. The van der Waals surface area contributed by atoms with Gasteiger partial charge >= 0.3 is 6.09 Å². The highest BCUT2D eigenvalue weighted by Crippen LogP contribution is 2.54. The highest BCUT2D eigenvalue weighted by Gasteiger charge is 2.56. The summed E-state index contributed by atoms with van der Waals surface area (Å²) in [5.41, 5.74) is 1.38. The first-order valence-electron chi connectivity index (χ1n) is 6.98. The van der Waals surface area contributed by atoms with Crippen molar-refractivity contribution in [2.45, 2.75) is 31.9 Å². The number of ether oxygens (including phenoxy) is 1. The molecule has 1 spiro atoms. The van der Waals surface area contributed by atoms with Crippen molar-refractivity contribution in [1.29, 1.82) is 0 Å². The van der Waals surface area contributed by atoms with E-state index in [9.17, 15) is 4.79 Å². The Balaban J connectivity index is 1.43. The van der Waals surface area contributed by atoms with Gasteiger partial charge in [-0.2, -0.15) is 0 Å². The van der Waals surface area contributed by atoms with Crippen molar-refractivity contribution in [1.82, 2.24) is 10.6 Å². The molecule has 0 radical (unpaired) electrons. The number of benzene rings is 1. The van der Waals surface area contributed by atoms with E-state index in [1.165, 1.54) is 0 Å². The molecule has 2 N–H and O–H groups in total. The molecule has 1 aliphatic heterocycles. The summed E-state index contributed by atoms with van der Waals surface area (Å²) in [6.45, 7) is 2.62. The van der Waals surface area contributed by atoms with Gasteiger partial charge in [-0.3, -0.25) is 0 Å². The van der Waals surface area contributed by atoms with E-state index in [0.717, 1.165) is 37.9 Å². The second kappa shape index (κ2) is 5.21. The first-order chi connectivity index (χ1) is 9.28. The van der Waals surface area contributed by atoms with Gasteiger partial charge in [0.25, 0.3) is 0 Å². The lowest BCUT2D eigenvalue weighted by Crippen LogP contribution is -2.32. The number of hydrogen-bond donors (Lipinski definition) is 2. The lowest BCUT2D eigenvalue weighted by molar-refractivity contribution is 0.113. The van der Waals surface area contributed by atoms with Crippen LogP contribution >= 0.6 is 0 Å². The summed E-state index contributed by atoms with van der Waals surface area (Å²) in [4.78, 5) is 11.7. The minimum atomic E-state index is -0.288. The quantitative estimate of drug-likeness (QED) is 0.874. The molecular weight excluding hydrogens is 240 g/mol. The van der Waals surface area contributed by atoms with E-state index < -0.39 is 0 Å². The lowest BCUT2D eigenvalue weighted by atomic mass is 9.94. The fourth-order valence-corrected chi connectivity index (χ4v) is 2.87. The molecule has 0 bridgehead atoms. The average Bonchev–Trinajstić information content (AvgIpc) is 3.10. The molecule has 3 rings (SSSR count). The fraction of sp³-hybridized carbons (Fsp3) is 0.533. The molecule has 1 aromatic rings. The minimum Gasteiger partial charge on any atom is -0.446 e. The van der Waals surface area contributed by atoms with Crippen LogP contribution in [0.3, 0.4) is 0 Å². The van der Waals surface area contributed by atoms with E-state index in [1.54, 1.807) is 0 Å². The average molecular weight is 260 g/mol. The van der Waals surface area contributed by atoms with Crippen molar-refractivity contribution in [2.24, 2.45) is 5.41 Å². The predicted molar refractivity (Wildman–Crippen MR) is 72.7 cm³/mol. The first kappa shape index (κ1) is 12.5. The number of amides is 1. The van der Waals surface area contributed by atoms with Crippen LogP contribution < -0.4 is 10.6 Å². The third-order valence-corrected chi connectivity index (χ3v) is 4.24. The van der Waals surface area contributed by atoms with Gasteiger partial charge in [-0.15, -0.1) is 0 Å². The van der Waals surface area contributed by atoms with E-state index in [2.05, 4.69) is 10.6 Å². The number of piperidine rings is 1. The van der Waals surface area contributed by atoms with Crippen molar-refractivity contribution in [3.05, 3.63) is 35.9 Å². The van der Waals surface area contributed by atoms with Crippen LogP contribution in [0.15, 0.2) is 30.3 Å². The Labute approximate surface area is 113 Å². The zero-order chi connectivity index (χ0) is 13.1. The van der Waals surface area contributed by atoms with Crippen LogP contribution in [0.5, 0.6) is 0 Å². The van der Waals surface area contributed by atoms with Crippen LogP contribution in [-0.4, -0.2) is 25.3 Å². The van der Waals surface area contributed by atoms with E-state index in [-0.39, 0.29) is 17.6 Å². The molecule has 102 valence electrons. The Kier molecular flexibility index (Phi) is 3.42. The number of carbonyl (C=O) groups is 1. The van der Waals surface area contributed by atoms with Gasteiger partial charge in [0.15, 0.2) is 0 Å². The largest absolute Gasteiger partial charge is 0.446 e. The molecule has 1 saturated heterocycles. The van der Waals surface area contributed by atoms with Crippen LogP contribution in [0.25, 0.3) is 0 Å². The Morgan fingerprint density at radius 3 is 2.79 bits per heavy atom. The molecule has 0 aromatic heterocycles. The molecule has 2 fully saturated rings. The molecule has 1 saturated carbocycles. The summed E-state index contributed by atoms with van der Waals surface area (Å²) < 4.78 is 5.50. The summed E-state index contributed by atoms with van der Waals surface area (Å²) in [6, 6.07) is 9.88. The summed E-state index contributed by atoms with van der Waals surface area (Å²) in [5.74, 6) is 0. The maximum absolute atomic E-state index is 11.7. The topological polar surface area (TPSA) is 50.4 Å². The summed E-state index contributed by atoms with van der Waals surface area (Å²) >= 11 is 0. The maximum atomic E-state index is 11.7. The van der Waals surface area contributed by atoms with Gasteiger partial charge in [0.1, 0.15) is 6.10 Å². The first-order valence-corrected chi connectivity index (χ1v) is 6.98. The van der Waals surface area contributed by atoms with Gasteiger partial charge in [-0.1, -0.05) is 30.3 Å². The molecular formula is C15H20N2O2. The standard InChI is InChI=1S/C15H20N2O2/c18-14(17-11-12-4-2-1-3-5-12)19-13-10-15(13)6-8-16-9-7-15/h1-5,13,16H,6-11H2,(H,17,18). The molecule has 1 heterocycles.